The standard InChI is InChI=1S/C16H14N2O4/c1-2-22-16(21)9-3-6-12-13(7-9)18-15(17-12)11-5-4-10(19)8-14(11)20/h3-8,19-20H,2H2,1H3,(H,17,18). The molecule has 3 rings (SSSR count). The van der Waals surface area contributed by atoms with E-state index in [-0.39, 0.29) is 11.5 Å². The lowest BCUT2D eigenvalue weighted by Crippen LogP contribution is -2.04. The molecular formula is C16H14N2O4. The van der Waals surface area contributed by atoms with E-state index in [1.807, 2.05) is 0 Å². The zero-order valence-corrected chi connectivity index (χ0v) is 11.8. The Morgan fingerprint density at radius 3 is 2.77 bits per heavy atom. The Hall–Kier alpha value is -3.02. The van der Waals surface area contributed by atoms with E-state index in [4.69, 9.17) is 4.74 Å². The van der Waals surface area contributed by atoms with Crippen LogP contribution in [0.3, 0.4) is 0 Å². The van der Waals surface area contributed by atoms with Crippen molar-refractivity contribution in [3.05, 3.63) is 42.0 Å². The number of fused-ring (bicyclic) bond motifs is 1. The Morgan fingerprint density at radius 2 is 2.05 bits per heavy atom. The molecule has 0 aliphatic heterocycles. The summed E-state index contributed by atoms with van der Waals surface area (Å²) in [6.45, 7) is 2.06. The molecule has 6 heteroatoms. The van der Waals surface area contributed by atoms with Crippen LogP contribution in [0.2, 0.25) is 0 Å². The van der Waals surface area contributed by atoms with Crippen molar-refractivity contribution in [1.82, 2.24) is 9.97 Å². The van der Waals surface area contributed by atoms with Gasteiger partial charge in [0.25, 0.3) is 0 Å². The summed E-state index contributed by atoms with van der Waals surface area (Å²) in [7, 11) is 0. The van der Waals surface area contributed by atoms with Crippen molar-refractivity contribution in [2.75, 3.05) is 6.61 Å². The third-order valence-electron chi connectivity index (χ3n) is 3.23. The maximum absolute atomic E-state index is 11.7. The highest BCUT2D eigenvalue weighted by Gasteiger charge is 2.13. The molecule has 3 N–H and O–H groups in total. The van der Waals surface area contributed by atoms with E-state index < -0.39 is 5.97 Å². The number of hydrogen-bond donors (Lipinski definition) is 3. The molecule has 2 aromatic carbocycles. The van der Waals surface area contributed by atoms with Gasteiger partial charge in [0.1, 0.15) is 17.3 Å². The van der Waals surface area contributed by atoms with Gasteiger partial charge in [0, 0.05) is 6.07 Å². The number of ether oxygens (including phenoxy) is 1. The average Bonchev–Trinajstić information content (AvgIpc) is 2.89. The zero-order valence-electron chi connectivity index (χ0n) is 11.8. The quantitative estimate of drug-likeness (QED) is 0.646. The summed E-state index contributed by atoms with van der Waals surface area (Å²) in [5.41, 5.74) is 2.22. The van der Waals surface area contributed by atoms with Crippen molar-refractivity contribution in [3.63, 3.8) is 0 Å². The number of hydrogen-bond acceptors (Lipinski definition) is 5. The maximum atomic E-state index is 11.7. The first-order chi connectivity index (χ1) is 10.6. The van der Waals surface area contributed by atoms with Gasteiger partial charge in [-0.2, -0.15) is 0 Å². The lowest BCUT2D eigenvalue weighted by molar-refractivity contribution is 0.0526. The van der Waals surface area contributed by atoms with Crippen molar-refractivity contribution >= 4 is 17.0 Å². The first-order valence-electron chi connectivity index (χ1n) is 6.77. The molecule has 0 unspecified atom stereocenters. The smallest absolute Gasteiger partial charge is 0.338 e. The number of phenolic OH excluding ortho intramolecular Hbond substituents is 2. The van der Waals surface area contributed by atoms with Gasteiger partial charge in [-0.05, 0) is 37.3 Å². The molecule has 0 saturated carbocycles. The zero-order chi connectivity index (χ0) is 15.7. The van der Waals surface area contributed by atoms with Crippen molar-refractivity contribution < 1.29 is 19.7 Å². The fourth-order valence-corrected chi connectivity index (χ4v) is 2.20. The number of nitrogens with one attached hydrogen (secondary N) is 1. The van der Waals surface area contributed by atoms with Gasteiger partial charge in [-0.15, -0.1) is 0 Å². The predicted molar refractivity (Wildman–Crippen MR) is 80.8 cm³/mol. The number of esters is 1. The number of benzene rings is 2. The van der Waals surface area contributed by atoms with Gasteiger partial charge >= 0.3 is 5.97 Å². The molecule has 1 heterocycles. The minimum atomic E-state index is -0.395. The molecule has 112 valence electrons. The number of aromatic hydroxyl groups is 2. The lowest BCUT2D eigenvalue weighted by Gasteiger charge is -2.01. The van der Waals surface area contributed by atoms with Crippen molar-refractivity contribution in [2.45, 2.75) is 6.92 Å². The van der Waals surface area contributed by atoms with Crippen molar-refractivity contribution in [3.8, 4) is 22.9 Å². The van der Waals surface area contributed by atoms with E-state index in [1.165, 1.54) is 12.1 Å². The topological polar surface area (TPSA) is 95.4 Å². The van der Waals surface area contributed by atoms with Crippen molar-refractivity contribution in [1.29, 1.82) is 0 Å². The molecule has 0 saturated heterocycles. The molecule has 0 aliphatic carbocycles. The molecule has 0 atom stereocenters. The SMILES string of the molecule is CCOC(=O)c1ccc2nc(-c3ccc(O)cc3O)[nH]c2c1. The number of rotatable bonds is 3. The van der Waals surface area contributed by atoms with Crippen molar-refractivity contribution in [2.24, 2.45) is 0 Å². The average molecular weight is 298 g/mol. The van der Waals surface area contributed by atoms with E-state index >= 15 is 0 Å². The third kappa shape index (κ3) is 2.46. The maximum Gasteiger partial charge on any atom is 0.338 e. The fraction of sp³-hybridized carbons (Fsp3) is 0.125. The molecule has 0 fully saturated rings. The van der Waals surface area contributed by atoms with Gasteiger partial charge in [-0.3, -0.25) is 0 Å². The molecule has 0 bridgehead atoms. The second-order valence-electron chi connectivity index (χ2n) is 4.74. The van der Waals surface area contributed by atoms with Crippen LogP contribution in [-0.2, 0) is 4.74 Å². The molecule has 22 heavy (non-hydrogen) atoms. The molecule has 1 aromatic heterocycles. The molecule has 0 spiro atoms. The Labute approximate surface area is 126 Å². The number of aromatic amines is 1. The normalized spacial score (nSPS) is 10.8. The first kappa shape index (κ1) is 13.9. The molecule has 0 amide bonds. The number of carbonyl (C=O) groups excluding carboxylic acids is 1. The number of phenols is 2. The first-order valence-corrected chi connectivity index (χ1v) is 6.77. The number of carbonyl (C=O) groups is 1. The second kappa shape index (κ2) is 5.40. The molecule has 0 radical (unpaired) electrons. The highest BCUT2D eigenvalue weighted by Crippen LogP contribution is 2.31. The highest BCUT2D eigenvalue weighted by atomic mass is 16.5. The summed E-state index contributed by atoms with van der Waals surface area (Å²) >= 11 is 0. The summed E-state index contributed by atoms with van der Waals surface area (Å²) in [6.07, 6.45) is 0. The van der Waals surface area contributed by atoms with Crippen LogP contribution in [-0.4, -0.2) is 32.8 Å². The minimum Gasteiger partial charge on any atom is -0.508 e. The van der Waals surface area contributed by atoms with Crippen LogP contribution in [0.1, 0.15) is 17.3 Å². The van der Waals surface area contributed by atoms with Gasteiger partial charge in [-0.1, -0.05) is 0 Å². The summed E-state index contributed by atoms with van der Waals surface area (Å²) < 4.78 is 4.96. The van der Waals surface area contributed by atoms with Crippen LogP contribution in [0.4, 0.5) is 0 Å². The van der Waals surface area contributed by atoms with Crippen LogP contribution in [0.25, 0.3) is 22.4 Å². The summed E-state index contributed by atoms with van der Waals surface area (Å²) in [5.74, 6) is -0.0480. The molecular weight excluding hydrogens is 284 g/mol. The monoisotopic (exact) mass is 298 g/mol. The molecule has 3 aromatic rings. The van der Waals surface area contributed by atoms with Crippen LogP contribution in [0.15, 0.2) is 36.4 Å². The highest BCUT2D eigenvalue weighted by molar-refractivity contribution is 5.94. The van der Waals surface area contributed by atoms with E-state index in [2.05, 4.69) is 9.97 Å². The number of H-pyrrole nitrogens is 1. The fourth-order valence-electron chi connectivity index (χ4n) is 2.20. The van der Waals surface area contributed by atoms with Crippen LogP contribution >= 0.6 is 0 Å². The largest absolute Gasteiger partial charge is 0.508 e. The van der Waals surface area contributed by atoms with Gasteiger partial charge < -0.3 is 19.9 Å². The molecule has 0 aliphatic rings. The third-order valence-corrected chi connectivity index (χ3v) is 3.23. The van der Waals surface area contributed by atoms with Gasteiger partial charge in [0.05, 0.1) is 28.8 Å². The van der Waals surface area contributed by atoms with Crippen LogP contribution in [0, 0.1) is 0 Å². The summed E-state index contributed by atoms with van der Waals surface area (Å²) in [6, 6.07) is 9.27. The predicted octanol–water partition coefficient (Wildman–Crippen LogP) is 2.82. The Morgan fingerprint density at radius 1 is 1.23 bits per heavy atom. The van der Waals surface area contributed by atoms with E-state index in [1.54, 1.807) is 31.2 Å². The van der Waals surface area contributed by atoms with Gasteiger partial charge in [0.2, 0.25) is 0 Å². The van der Waals surface area contributed by atoms with E-state index in [0.717, 1.165) is 0 Å². The number of aromatic nitrogens is 2. The van der Waals surface area contributed by atoms with Gasteiger partial charge in [-0.25, -0.2) is 9.78 Å². The van der Waals surface area contributed by atoms with Gasteiger partial charge in [0.15, 0.2) is 0 Å². The number of imidazole rings is 1. The molecule has 6 nitrogen and oxygen atoms in total. The summed E-state index contributed by atoms with van der Waals surface area (Å²) in [5, 5.41) is 19.2. The van der Waals surface area contributed by atoms with Crippen LogP contribution < -0.4 is 0 Å². The van der Waals surface area contributed by atoms with Crippen LogP contribution in [0.5, 0.6) is 11.5 Å². The Kier molecular flexibility index (Phi) is 3.42. The minimum absolute atomic E-state index is 0.0260. The summed E-state index contributed by atoms with van der Waals surface area (Å²) in [4.78, 5) is 19.2. The Bertz CT molecular complexity index is 854. The van der Waals surface area contributed by atoms with E-state index in [0.29, 0.717) is 34.6 Å². The Balaban J connectivity index is 2.04. The second-order valence-corrected chi connectivity index (χ2v) is 4.74. The number of nitrogens with zero attached hydrogens (tertiary/aromatic N) is 1. The van der Waals surface area contributed by atoms with E-state index in [9.17, 15) is 15.0 Å². The lowest BCUT2D eigenvalue weighted by atomic mass is 10.2.